The van der Waals surface area contributed by atoms with Crippen LogP contribution >= 0.6 is 22.7 Å². The van der Waals surface area contributed by atoms with Crippen molar-refractivity contribution in [2.45, 2.75) is 13.3 Å². The first kappa shape index (κ1) is 17.7. The van der Waals surface area contributed by atoms with Gasteiger partial charge in [-0.1, -0.05) is 43.3 Å². The Labute approximate surface area is 165 Å². The van der Waals surface area contributed by atoms with Crippen LogP contribution in [-0.4, -0.2) is 22.5 Å². The maximum Gasteiger partial charge on any atom is 0.265 e. The fraction of sp³-hybridized carbons (Fsp3) is 0.143. The van der Waals surface area contributed by atoms with Crippen molar-refractivity contribution >= 4 is 38.8 Å². The van der Waals surface area contributed by atoms with Crippen LogP contribution in [0, 0.1) is 0 Å². The van der Waals surface area contributed by atoms with Gasteiger partial charge >= 0.3 is 0 Å². The highest BCUT2D eigenvalue weighted by atomic mass is 32.1. The molecule has 0 fully saturated rings. The fourth-order valence-corrected chi connectivity index (χ4v) is 4.65. The Morgan fingerprint density at radius 2 is 2.00 bits per heavy atom. The maximum atomic E-state index is 12.5. The van der Waals surface area contributed by atoms with Crippen LogP contribution in [0.3, 0.4) is 0 Å². The highest BCUT2D eigenvalue weighted by Gasteiger charge is 2.22. The molecule has 2 N–H and O–H groups in total. The maximum absolute atomic E-state index is 12.5. The lowest BCUT2D eigenvalue weighted by Gasteiger charge is -2.07. The molecule has 0 bridgehead atoms. The lowest BCUT2D eigenvalue weighted by atomic mass is 10.0. The molecule has 3 heterocycles. The van der Waals surface area contributed by atoms with Crippen LogP contribution in [0.25, 0.3) is 31.9 Å². The molecule has 3 aromatic heterocycles. The van der Waals surface area contributed by atoms with E-state index in [4.69, 9.17) is 4.98 Å². The van der Waals surface area contributed by atoms with Gasteiger partial charge in [0.05, 0.1) is 16.0 Å². The molecule has 0 saturated carbocycles. The Bertz CT molecular complexity index is 1090. The van der Waals surface area contributed by atoms with Gasteiger partial charge in [0.1, 0.15) is 15.5 Å². The summed E-state index contributed by atoms with van der Waals surface area (Å²) in [5, 5.41) is 16.3. The van der Waals surface area contributed by atoms with E-state index in [1.165, 1.54) is 11.3 Å². The molecule has 136 valence electrons. The average Bonchev–Trinajstić information content (AvgIpc) is 3.35. The third-order valence-electron chi connectivity index (χ3n) is 4.24. The zero-order chi connectivity index (χ0) is 18.8. The largest absolute Gasteiger partial charge is 0.505 e. The fourth-order valence-electron chi connectivity index (χ4n) is 2.95. The number of nitrogens with zero attached hydrogens (tertiary/aromatic N) is 1. The zero-order valence-electron chi connectivity index (χ0n) is 14.7. The van der Waals surface area contributed by atoms with Crippen LogP contribution in [0.4, 0.5) is 0 Å². The standard InChI is InChI=1S/C21H18N2O2S2/c1-2-10-22-20(25)19-18(24)17-14(13-7-4-3-5-8-13)12-15(23-21(17)27-19)16-9-6-11-26-16/h3-9,11-12,24H,2,10H2,1H3,(H,22,25). The Hall–Kier alpha value is -2.70. The highest BCUT2D eigenvalue weighted by Crippen LogP contribution is 2.43. The molecule has 0 aliphatic heterocycles. The Balaban J connectivity index is 1.95. The van der Waals surface area contributed by atoms with Gasteiger partial charge in [0.15, 0.2) is 0 Å². The number of hydrogen-bond acceptors (Lipinski definition) is 5. The number of fused-ring (bicyclic) bond motifs is 1. The van der Waals surface area contributed by atoms with Crippen LogP contribution in [0.2, 0.25) is 0 Å². The van der Waals surface area contributed by atoms with Crippen LogP contribution in [0.15, 0.2) is 53.9 Å². The smallest absolute Gasteiger partial charge is 0.265 e. The third kappa shape index (κ3) is 3.34. The molecular formula is C21H18N2O2S2. The topological polar surface area (TPSA) is 62.2 Å². The number of benzene rings is 1. The minimum absolute atomic E-state index is 0.00712. The predicted molar refractivity (Wildman–Crippen MR) is 113 cm³/mol. The molecule has 27 heavy (non-hydrogen) atoms. The number of amides is 1. The minimum Gasteiger partial charge on any atom is -0.505 e. The van der Waals surface area contributed by atoms with E-state index in [1.807, 2.05) is 60.8 Å². The minimum atomic E-state index is -0.256. The normalized spacial score (nSPS) is 11.0. The van der Waals surface area contributed by atoms with Gasteiger partial charge in [-0.3, -0.25) is 4.79 Å². The van der Waals surface area contributed by atoms with Crippen LogP contribution in [0.1, 0.15) is 23.0 Å². The van der Waals surface area contributed by atoms with Crippen LogP contribution < -0.4 is 5.32 Å². The second kappa shape index (κ2) is 7.50. The number of hydrogen-bond donors (Lipinski definition) is 2. The summed E-state index contributed by atoms with van der Waals surface area (Å²) in [6, 6.07) is 15.9. The summed E-state index contributed by atoms with van der Waals surface area (Å²) in [5.74, 6) is -0.248. The zero-order valence-corrected chi connectivity index (χ0v) is 16.4. The molecule has 0 aliphatic carbocycles. The van der Waals surface area contributed by atoms with Gasteiger partial charge < -0.3 is 10.4 Å². The lowest BCUT2D eigenvalue weighted by molar-refractivity contribution is 0.0955. The van der Waals surface area contributed by atoms with Crippen molar-refractivity contribution < 1.29 is 9.90 Å². The second-order valence-electron chi connectivity index (χ2n) is 6.11. The number of nitrogens with one attached hydrogen (secondary N) is 1. The van der Waals surface area contributed by atoms with Crippen molar-refractivity contribution in [1.29, 1.82) is 0 Å². The van der Waals surface area contributed by atoms with E-state index in [9.17, 15) is 9.90 Å². The Morgan fingerprint density at radius 1 is 1.19 bits per heavy atom. The first-order valence-electron chi connectivity index (χ1n) is 8.73. The van der Waals surface area contributed by atoms with E-state index < -0.39 is 0 Å². The lowest BCUT2D eigenvalue weighted by Crippen LogP contribution is -2.22. The summed E-state index contributed by atoms with van der Waals surface area (Å²) in [6.45, 7) is 2.57. The monoisotopic (exact) mass is 394 g/mol. The van der Waals surface area contributed by atoms with Crippen molar-refractivity contribution in [3.63, 3.8) is 0 Å². The van der Waals surface area contributed by atoms with E-state index in [0.29, 0.717) is 21.6 Å². The molecule has 0 radical (unpaired) electrons. The summed E-state index contributed by atoms with van der Waals surface area (Å²) in [4.78, 5) is 19.2. The van der Waals surface area contributed by atoms with Crippen molar-refractivity contribution in [3.8, 4) is 27.4 Å². The number of thiophene rings is 2. The first-order chi connectivity index (χ1) is 13.2. The molecule has 0 spiro atoms. The van der Waals surface area contributed by atoms with Crippen molar-refractivity contribution in [3.05, 3.63) is 58.8 Å². The first-order valence-corrected chi connectivity index (χ1v) is 10.4. The molecule has 4 aromatic rings. The molecule has 0 unspecified atom stereocenters. The molecule has 4 rings (SSSR count). The summed E-state index contributed by atoms with van der Waals surface area (Å²) in [7, 11) is 0. The number of pyridine rings is 1. The van der Waals surface area contributed by atoms with Crippen molar-refractivity contribution in [2.75, 3.05) is 6.54 Å². The van der Waals surface area contributed by atoms with Crippen LogP contribution in [-0.2, 0) is 0 Å². The summed E-state index contributed by atoms with van der Waals surface area (Å²) >= 11 is 2.85. The van der Waals surface area contributed by atoms with Gasteiger partial charge in [-0.2, -0.15) is 0 Å². The van der Waals surface area contributed by atoms with Gasteiger partial charge in [-0.15, -0.1) is 22.7 Å². The average molecular weight is 395 g/mol. The second-order valence-corrected chi connectivity index (χ2v) is 8.06. The number of aromatic nitrogens is 1. The summed E-state index contributed by atoms with van der Waals surface area (Å²) in [6.07, 6.45) is 0.841. The Morgan fingerprint density at radius 3 is 2.70 bits per heavy atom. The highest BCUT2D eigenvalue weighted by molar-refractivity contribution is 7.21. The van der Waals surface area contributed by atoms with Crippen LogP contribution in [0.5, 0.6) is 5.75 Å². The quantitative estimate of drug-likeness (QED) is 0.467. The summed E-state index contributed by atoms with van der Waals surface area (Å²) in [5.41, 5.74) is 2.71. The van der Waals surface area contributed by atoms with Gasteiger partial charge in [0.2, 0.25) is 0 Å². The molecule has 0 saturated heterocycles. The van der Waals surface area contributed by atoms with E-state index in [1.54, 1.807) is 11.3 Å². The number of rotatable bonds is 5. The molecule has 6 heteroatoms. The van der Waals surface area contributed by atoms with Crippen molar-refractivity contribution in [2.24, 2.45) is 0 Å². The number of carbonyl (C=O) groups excluding carboxylic acids is 1. The molecule has 1 aromatic carbocycles. The van der Waals surface area contributed by atoms with Gasteiger partial charge in [-0.25, -0.2) is 4.98 Å². The van der Waals surface area contributed by atoms with E-state index in [0.717, 1.165) is 28.1 Å². The van der Waals surface area contributed by atoms with E-state index in [2.05, 4.69) is 5.32 Å². The van der Waals surface area contributed by atoms with Crippen molar-refractivity contribution in [1.82, 2.24) is 10.3 Å². The predicted octanol–water partition coefficient (Wildman–Crippen LogP) is 5.54. The number of aromatic hydroxyl groups is 1. The summed E-state index contributed by atoms with van der Waals surface area (Å²) < 4.78 is 0. The molecule has 4 nitrogen and oxygen atoms in total. The SMILES string of the molecule is CCCNC(=O)c1sc2nc(-c3cccs3)cc(-c3ccccc3)c2c1O. The number of carbonyl (C=O) groups is 1. The van der Waals surface area contributed by atoms with Gasteiger partial charge in [0, 0.05) is 6.54 Å². The Kier molecular flexibility index (Phi) is 4.92. The van der Waals surface area contributed by atoms with E-state index in [-0.39, 0.29) is 11.7 Å². The molecule has 0 atom stereocenters. The molecule has 1 amide bonds. The molecular weight excluding hydrogens is 376 g/mol. The molecule has 0 aliphatic rings. The third-order valence-corrected chi connectivity index (χ3v) is 6.20. The van der Waals surface area contributed by atoms with Gasteiger partial charge in [-0.05, 0) is 35.1 Å². The van der Waals surface area contributed by atoms with E-state index >= 15 is 0 Å². The van der Waals surface area contributed by atoms with Gasteiger partial charge in [0.25, 0.3) is 5.91 Å².